The zero-order valence-electron chi connectivity index (χ0n) is 11.5. The molecule has 2 nitrogen and oxygen atoms in total. The molecule has 0 aliphatic carbocycles. The molecule has 1 heterocycles. The lowest BCUT2D eigenvalue weighted by Crippen LogP contribution is -2.36. The highest BCUT2D eigenvalue weighted by molar-refractivity contribution is 5.91. The largest absolute Gasteiger partial charge is 0.296 e. The third-order valence-corrected chi connectivity index (χ3v) is 3.66. The second-order valence-corrected chi connectivity index (χ2v) is 4.90. The zero-order valence-corrected chi connectivity index (χ0v) is 11.5. The minimum Gasteiger partial charge on any atom is -0.230 e. The molecule has 0 radical (unpaired) electrons. The van der Waals surface area contributed by atoms with Gasteiger partial charge in [-0.05, 0) is 29.6 Å². The summed E-state index contributed by atoms with van der Waals surface area (Å²) in [5.41, 5.74) is 4.85. The van der Waals surface area contributed by atoms with Crippen LogP contribution in [0.1, 0.15) is 11.4 Å². The van der Waals surface area contributed by atoms with Crippen LogP contribution in [0, 0.1) is 13.8 Å². The van der Waals surface area contributed by atoms with E-state index >= 15 is 0 Å². The molecule has 0 aliphatic heterocycles. The molecule has 19 heavy (non-hydrogen) atoms. The van der Waals surface area contributed by atoms with E-state index in [1.165, 1.54) is 22.2 Å². The number of benzene rings is 2. The summed E-state index contributed by atoms with van der Waals surface area (Å²) in [6.45, 7) is 4.20. The molecule has 0 bridgehead atoms. The molecule has 0 fully saturated rings. The Morgan fingerprint density at radius 3 is 2.37 bits per heavy atom. The molecule has 0 saturated heterocycles. The summed E-state index contributed by atoms with van der Waals surface area (Å²) in [4.78, 5) is 4.65. The van der Waals surface area contributed by atoms with Crippen LogP contribution in [0.3, 0.4) is 0 Å². The van der Waals surface area contributed by atoms with Crippen molar-refractivity contribution < 1.29 is 4.57 Å². The molecule has 0 saturated carbocycles. The van der Waals surface area contributed by atoms with Gasteiger partial charge in [0.1, 0.15) is 5.69 Å². The molecule has 0 spiro atoms. The Labute approximate surface area is 113 Å². The van der Waals surface area contributed by atoms with Gasteiger partial charge in [-0.3, -0.25) is 0 Å². The molecule has 1 aromatic heterocycles. The number of aryl methyl sites for hydroxylation is 2. The van der Waals surface area contributed by atoms with Crippen LogP contribution in [0.4, 0.5) is 0 Å². The molecule has 2 aromatic carbocycles. The lowest BCUT2D eigenvalue weighted by Gasteiger charge is -2.09. The quantitative estimate of drug-likeness (QED) is 0.604. The van der Waals surface area contributed by atoms with E-state index in [1.54, 1.807) is 0 Å². The van der Waals surface area contributed by atoms with Gasteiger partial charge in [-0.25, -0.2) is 4.57 Å². The van der Waals surface area contributed by atoms with Gasteiger partial charge in [0.2, 0.25) is 0 Å². The predicted molar refractivity (Wildman–Crippen MR) is 77.8 cm³/mol. The van der Waals surface area contributed by atoms with Gasteiger partial charge in [0, 0.05) is 12.5 Å². The van der Waals surface area contributed by atoms with Crippen molar-refractivity contribution in [1.29, 1.82) is 0 Å². The SMILES string of the molecule is Cc1ccccc1-c1c2ccccc2nc(C)[n+]1C. The van der Waals surface area contributed by atoms with Gasteiger partial charge in [0.25, 0.3) is 5.82 Å². The average molecular weight is 249 g/mol. The third-order valence-electron chi connectivity index (χ3n) is 3.66. The van der Waals surface area contributed by atoms with E-state index in [2.05, 4.69) is 66.0 Å². The average Bonchev–Trinajstić information content (AvgIpc) is 2.42. The van der Waals surface area contributed by atoms with E-state index < -0.39 is 0 Å². The highest BCUT2D eigenvalue weighted by atomic mass is 15.0. The Balaban J connectivity index is 2.46. The fourth-order valence-electron chi connectivity index (χ4n) is 2.53. The molecule has 3 aromatic rings. The molecular weight excluding hydrogens is 232 g/mol. The maximum Gasteiger partial charge on any atom is 0.296 e. The van der Waals surface area contributed by atoms with E-state index in [0.29, 0.717) is 0 Å². The van der Waals surface area contributed by atoms with Gasteiger partial charge >= 0.3 is 0 Å². The molecular formula is C17H17N2+. The van der Waals surface area contributed by atoms with Crippen molar-refractivity contribution in [3.63, 3.8) is 0 Å². The van der Waals surface area contributed by atoms with Crippen LogP contribution >= 0.6 is 0 Å². The van der Waals surface area contributed by atoms with Crippen LogP contribution in [-0.2, 0) is 7.05 Å². The second-order valence-electron chi connectivity index (χ2n) is 4.90. The van der Waals surface area contributed by atoms with Crippen LogP contribution in [0.2, 0.25) is 0 Å². The number of para-hydroxylation sites is 1. The van der Waals surface area contributed by atoms with Gasteiger partial charge in [0.15, 0.2) is 5.52 Å². The third kappa shape index (κ3) is 1.89. The highest BCUT2D eigenvalue weighted by Crippen LogP contribution is 2.26. The predicted octanol–water partition coefficient (Wildman–Crippen LogP) is 3.34. The van der Waals surface area contributed by atoms with E-state index in [1.807, 2.05) is 13.0 Å². The molecule has 0 atom stereocenters. The maximum absolute atomic E-state index is 4.65. The molecule has 0 amide bonds. The molecule has 0 aliphatic rings. The van der Waals surface area contributed by atoms with Crippen molar-refractivity contribution in [3.8, 4) is 11.3 Å². The Morgan fingerprint density at radius 1 is 0.895 bits per heavy atom. The molecule has 94 valence electrons. The standard InChI is InChI=1S/C17H17N2/c1-12-8-4-5-9-14(12)17-15-10-6-7-11-16(15)18-13(2)19(17)3/h4-11H,1-3H3/q+1. The molecule has 2 heteroatoms. The van der Waals surface area contributed by atoms with E-state index in [-0.39, 0.29) is 0 Å². The lowest BCUT2D eigenvalue weighted by molar-refractivity contribution is -0.668. The first-order valence-electron chi connectivity index (χ1n) is 6.50. The number of hydrogen-bond donors (Lipinski definition) is 0. The summed E-state index contributed by atoms with van der Waals surface area (Å²) in [6, 6.07) is 16.8. The topological polar surface area (TPSA) is 16.8 Å². The van der Waals surface area contributed by atoms with Crippen LogP contribution in [0.25, 0.3) is 22.2 Å². The zero-order chi connectivity index (χ0) is 13.4. The van der Waals surface area contributed by atoms with Gasteiger partial charge in [-0.1, -0.05) is 36.4 Å². The summed E-state index contributed by atoms with van der Waals surface area (Å²) < 4.78 is 2.17. The Bertz CT molecular complexity index is 760. The van der Waals surface area contributed by atoms with E-state index in [9.17, 15) is 0 Å². The molecule has 0 unspecified atom stereocenters. The Hall–Kier alpha value is -2.22. The van der Waals surface area contributed by atoms with Gasteiger partial charge in [-0.2, -0.15) is 0 Å². The number of hydrogen-bond acceptors (Lipinski definition) is 1. The van der Waals surface area contributed by atoms with Crippen molar-refractivity contribution in [2.45, 2.75) is 13.8 Å². The highest BCUT2D eigenvalue weighted by Gasteiger charge is 2.18. The number of aromatic nitrogens is 2. The van der Waals surface area contributed by atoms with Crippen LogP contribution in [-0.4, -0.2) is 4.98 Å². The minimum absolute atomic E-state index is 1.02. The molecule has 3 rings (SSSR count). The van der Waals surface area contributed by atoms with Crippen molar-refractivity contribution in [2.24, 2.45) is 7.05 Å². The van der Waals surface area contributed by atoms with E-state index in [0.717, 1.165) is 11.3 Å². The van der Waals surface area contributed by atoms with Crippen molar-refractivity contribution in [3.05, 3.63) is 59.9 Å². The van der Waals surface area contributed by atoms with Crippen molar-refractivity contribution in [1.82, 2.24) is 4.98 Å². The Kier molecular flexibility index (Phi) is 2.79. The van der Waals surface area contributed by atoms with Crippen LogP contribution < -0.4 is 4.57 Å². The number of fused-ring (bicyclic) bond motifs is 1. The Morgan fingerprint density at radius 2 is 1.58 bits per heavy atom. The first-order chi connectivity index (χ1) is 9.18. The molecule has 0 N–H and O–H groups in total. The minimum atomic E-state index is 1.02. The van der Waals surface area contributed by atoms with Crippen LogP contribution in [0.5, 0.6) is 0 Å². The van der Waals surface area contributed by atoms with E-state index in [4.69, 9.17) is 0 Å². The first-order valence-corrected chi connectivity index (χ1v) is 6.50. The summed E-state index contributed by atoms with van der Waals surface area (Å²) in [5, 5.41) is 1.20. The summed E-state index contributed by atoms with van der Waals surface area (Å²) >= 11 is 0. The van der Waals surface area contributed by atoms with Crippen molar-refractivity contribution >= 4 is 10.9 Å². The number of rotatable bonds is 1. The fraction of sp³-hybridized carbons (Fsp3) is 0.176. The lowest BCUT2D eigenvalue weighted by atomic mass is 10.0. The fourth-order valence-corrected chi connectivity index (χ4v) is 2.53. The normalized spacial score (nSPS) is 10.9. The first kappa shape index (κ1) is 11.8. The van der Waals surface area contributed by atoms with Crippen molar-refractivity contribution in [2.75, 3.05) is 0 Å². The van der Waals surface area contributed by atoms with Gasteiger partial charge in [-0.15, -0.1) is 0 Å². The maximum atomic E-state index is 4.65. The number of nitrogens with zero attached hydrogens (tertiary/aromatic N) is 2. The van der Waals surface area contributed by atoms with Crippen LogP contribution in [0.15, 0.2) is 48.5 Å². The smallest absolute Gasteiger partial charge is 0.230 e. The summed E-state index contributed by atoms with van der Waals surface area (Å²) in [6.07, 6.45) is 0. The summed E-state index contributed by atoms with van der Waals surface area (Å²) in [7, 11) is 2.08. The van der Waals surface area contributed by atoms with Gasteiger partial charge in [0.05, 0.1) is 12.4 Å². The van der Waals surface area contributed by atoms with Gasteiger partial charge < -0.3 is 0 Å². The monoisotopic (exact) mass is 249 g/mol. The second kappa shape index (κ2) is 4.47. The summed E-state index contributed by atoms with van der Waals surface area (Å²) in [5.74, 6) is 1.02.